The molecule has 44 heavy (non-hydrogen) atoms. The van der Waals surface area contributed by atoms with Crippen molar-refractivity contribution in [3.05, 3.63) is 102 Å². The first-order valence-electron chi connectivity index (χ1n) is 14.1. The van der Waals surface area contributed by atoms with E-state index in [1.165, 1.54) is 34.0 Å². The number of methoxy groups -OCH3 is 4. The Balaban J connectivity index is 1.61. The zero-order valence-electron chi connectivity index (χ0n) is 25.2. The van der Waals surface area contributed by atoms with Crippen LogP contribution < -0.4 is 23.7 Å². The number of aromatic nitrogens is 2. The molecule has 0 atom stereocenters. The van der Waals surface area contributed by atoms with Crippen LogP contribution in [-0.4, -0.2) is 51.0 Å². The van der Waals surface area contributed by atoms with Gasteiger partial charge in [0, 0.05) is 17.1 Å². The molecule has 226 valence electrons. The second kappa shape index (κ2) is 14.2. The fourth-order valence-corrected chi connectivity index (χ4v) is 4.96. The Morgan fingerprint density at radius 1 is 0.773 bits per heavy atom. The normalized spacial score (nSPS) is 10.7. The topological polar surface area (TPSA) is 98.2 Å². The summed E-state index contributed by atoms with van der Waals surface area (Å²) in [6.07, 6.45) is 3.32. The largest absolute Gasteiger partial charge is 0.493 e. The van der Waals surface area contributed by atoms with Gasteiger partial charge in [0.2, 0.25) is 11.6 Å². The van der Waals surface area contributed by atoms with Gasteiger partial charge in [0.15, 0.2) is 17.2 Å². The number of hydrogen-bond acceptors (Lipinski definition) is 9. The molecule has 5 rings (SSSR count). The van der Waals surface area contributed by atoms with E-state index in [0.29, 0.717) is 57.4 Å². The van der Waals surface area contributed by atoms with Gasteiger partial charge in [-0.1, -0.05) is 36.4 Å². The molecule has 0 spiro atoms. The molecule has 2 aromatic heterocycles. The van der Waals surface area contributed by atoms with Crippen LogP contribution in [0.4, 0.5) is 0 Å². The Kier molecular flexibility index (Phi) is 9.76. The lowest BCUT2D eigenvalue weighted by Crippen LogP contribution is -2.11. The Bertz CT molecular complexity index is 1700. The molecule has 0 amide bonds. The molecule has 0 saturated heterocycles. The molecule has 2 heterocycles. The van der Waals surface area contributed by atoms with E-state index in [1.807, 2.05) is 54.6 Å². The number of hydrogen-bond donors (Lipinski definition) is 0. The number of carbonyl (C=O) groups is 1. The minimum atomic E-state index is -0.611. The third-order valence-electron chi connectivity index (χ3n) is 7.08. The fraction of sp³-hybridized carbons (Fsp3) is 0.229. The molecule has 9 nitrogen and oxygen atoms in total. The minimum Gasteiger partial charge on any atom is -0.493 e. The van der Waals surface area contributed by atoms with Crippen LogP contribution in [0.3, 0.4) is 0 Å². The van der Waals surface area contributed by atoms with Crippen molar-refractivity contribution in [3.63, 3.8) is 0 Å². The summed E-state index contributed by atoms with van der Waals surface area (Å²) in [6, 6.07) is 25.0. The fourth-order valence-electron chi connectivity index (χ4n) is 4.96. The van der Waals surface area contributed by atoms with Crippen LogP contribution in [0.5, 0.6) is 28.9 Å². The Morgan fingerprint density at radius 2 is 1.52 bits per heavy atom. The summed E-state index contributed by atoms with van der Waals surface area (Å²) >= 11 is 0. The Labute approximate surface area is 256 Å². The van der Waals surface area contributed by atoms with Gasteiger partial charge in [0.1, 0.15) is 12.4 Å². The van der Waals surface area contributed by atoms with Crippen LogP contribution in [0, 0.1) is 0 Å². The van der Waals surface area contributed by atoms with Crippen molar-refractivity contribution in [1.82, 2.24) is 9.97 Å². The molecule has 0 unspecified atom stereocenters. The number of esters is 1. The summed E-state index contributed by atoms with van der Waals surface area (Å²) in [4.78, 5) is 22.3. The van der Waals surface area contributed by atoms with Crippen molar-refractivity contribution in [2.75, 3.05) is 35.0 Å². The average Bonchev–Trinajstić information content (AvgIpc) is 3.08. The Morgan fingerprint density at radius 3 is 2.18 bits per heavy atom. The second-order valence-corrected chi connectivity index (χ2v) is 9.80. The van der Waals surface area contributed by atoms with Gasteiger partial charge in [-0.3, -0.25) is 4.98 Å². The van der Waals surface area contributed by atoms with E-state index in [2.05, 4.69) is 17.1 Å². The number of ether oxygens (including phenoxy) is 6. The number of fused-ring (bicyclic) bond motifs is 1. The molecular formula is C35H34N2O7. The third-order valence-corrected chi connectivity index (χ3v) is 7.08. The summed E-state index contributed by atoms with van der Waals surface area (Å²) in [6.45, 7) is 0.674. The van der Waals surface area contributed by atoms with Gasteiger partial charge < -0.3 is 28.4 Å². The van der Waals surface area contributed by atoms with Crippen LogP contribution in [0.15, 0.2) is 85.1 Å². The number of aryl methyl sites for hydroxylation is 1. The van der Waals surface area contributed by atoms with Gasteiger partial charge in [0.05, 0.1) is 40.7 Å². The van der Waals surface area contributed by atoms with Crippen molar-refractivity contribution < 1.29 is 33.2 Å². The zero-order valence-corrected chi connectivity index (χ0v) is 25.2. The average molecular weight is 595 g/mol. The lowest BCUT2D eigenvalue weighted by molar-refractivity contribution is 0.0594. The van der Waals surface area contributed by atoms with Crippen molar-refractivity contribution in [1.29, 1.82) is 0 Å². The Hall–Kier alpha value is -5.31. The molecule has 0 bridgehead atoms. The van der Waals surface area contributed by atoms with Crippen molar-refractivity contribution in [2.24, 2.45) is 0 Å². The molecule has 0 saturated carbocycles. The highest BCUT2D eigenvalue weighted by atomic mass is 16.5. The highest BCUT2D eigenvalue weighted by molar-refractivity contribution is 6.08. The first kappa shape index (κ1) is 30.2. The van der Waals surface area contributed by atoms with E-state index in [0.717, 1.165) is 18.5 Å². The maximum Gasteiger partial charge on any atom is 0.357 e. The molecule has 3 aromatic carbocycles. The van der Waals surface area contributed by atoms with Crippen LogP contribution >= 0.6 is 0 Å². The molecule has 0 aliphatic rings. The monoisotopic (exact) mass is 594 g/mol. The predicted octanol–water partition coefficient (Wildman–Crippen LogP) is 6.70. The van der Waals surface area contributed by atoms with Gasteiger partial charge in [-0.15, -0.1) is 0 Å². The van der Waals surface area contributed by atoms with Crippen molar-refractivity contribution in [3.8, 4) is 40.0 Å². The first-order valence-corrected chi connectivity index (χ1v) is 14.1. The molecule has 0 fully saturated rings. The first-order chi connectivity index (χ1) is 21.6. The van der Waals surface area contributed by atoms with Gasteiger partial charge >= 0.3 is 5.97 Å². The number of nitrogens with zero attached hydrogens (tertiary/aromatic N) is 2. The predicted molar refractivity (Wildman–Crippen MR) is 167 cm³/mol. The van der Waals surface area contributed by atoms with E-state index < -0.39 is 5.97 Å². The summed E-state index contributed by atoms with van der Waals surface area (Å²) in [5, 5.41) is 1.37. The van der Waals surface area contributed by atoms with E-state index in [1.54, 1.807) is 18.3 Å². The minimum absolute atomic E-state index is 0.0921. The van der Waals surface area contributed by atoms with Gasteiger partial charge in [-0.05, 0) is 71.8 Å². The number of benzene rings is 3. The second-order valence-electron chi connectivity index (χ2n) is 9.80. The summed E-state index contributed by atoms with van der Waals surface area (Å²) in [5.74, 6) is 1.58. The maximum atomic E-state index is 13.2. The molecule has 0 aliphatic carbocycles. The van der Waals surface area contributed by atoms with Crippen molar-refractivity contribution >= 4 is 16.7 Å². The summed E-state index contributed by atoms with van der Waals surface area (Å²) in [5.41, 5.74) is 3.25. The van der Waals surface area contributed by atoms with E-state index in [-0.39, 0.29) is 12.3 Å². The quantitative estimate of drug-likeness (QED) is 0.109. The van der Waals surface area contributed by atoms with Gasteiger partial charge in [-0.25, -0.2) is 9.78 Å². The molecule has 5 aromatic rings. The number of carbonyl (C=O) groups excluding carboxylic acids is 1. The van der Waals surface area contributed by atoms with Gasteiger partial charge in [0.25, 0.3) is 0 Å². The third kappa shape index (κ3) is 6.67. The molecular weight excluding hydrogens is 560 g/mol. The number of pyridine rings is 2. The standard InChI is InChI=1S/C35H34N2O7/c1-39-29-19-24(20-30(40-2)33(29)41-3)31-27-16-15-26(44-22-25-14-8-9-17-36-25)21-28(27)34(37-32(31)35(38)42-4)43-18-10-13-23-11-6-5-7-12-23/h5-9,11-12,14-17,19-21H,10,13,18,22H2,1-4H3. The molecule has 0 radical (unpaired) electrons. The zero-order chi connectivity index (χ0) is 30.9. The maximum absolute atomic E-state index is 13.2. The number of rotatable bonds is 13. The SMILES string of the molecule is COC(=O)c1nc(OCCCc2ccccc2)c2cc(OCc3ccccn3)ccc2c1-c1cc(OC)c(OC)c(OC)c1. The molecule has 9 heteroatoms. The lowest BCUT2D eigenvalue weighted by atomic mass is 9.96. The molecule has 0 aliphatic heterocycles. The van der Waals surface area contributed by atoms with Crippen LogP contribution in [0.25, 0.3) is 21.9 Å². The highest BCUT2D eigenvalue weighted by Crippen LogP contribution is 2.45. The van der Waals surface area contributed by atoms with Crippen LogP contribution in [0.2, 0.25) is 0 Å². The van der Waals surface area contributed by atoms with E-state index in [9.17, 15) is 4.79 Å². The smallest absolute Gasteiger partial charge is 0.357 e. The van der Waals surface area contributed by atoms with Crippen LogP contribution in [-0.2, 0) is 17.8 Å². The highest BCUT2D eigenvalue weighted by Gasteiger charge is 2.25. The van der Waals surface area contributed by atoms with Gasteiger partial charge in [-0.2, -0.15) is 0 Å². The summed E-state index contributed by atoms with van der Waals surface area (Å²) < 4.78 is 34.3. The van der Waals surface area contributed by atoms with Crippen molar-refractivity contribution in [2.45, 2.75) is 19.4 Å². The lowest BCUT2D eigenvalue weighted by Gasteiger charge is -2.19. The summed E-state index contributed by atoms with van der Waals surface area (Å²) in [7, 11) is 5.93. The van der Waals surface area contributed by atoms with E-state index >= 15 is 0 Å². The van der Waals surface area contributed by atoms with Crippen LogP contribution in [0.1, 0.15) is 28.2 Å². The molecule has 0 N–H and O–H groups in total. The van der Waals surface area contributed by atoms with E-state index in [4.69, 9.17) is 33.4 Å².